The summed E-state index contributed by atoms with van der Waals surface area (Å²) in [6.07, 6.45) is 4.85. The minimum Gasteiger partial charge on any atom is -0.508 e. The average Bonchev–Trinajstić information content (AvgIpc) is 1.78. The first-order valence-electron chi connectivity index (χ1n) is 38.3. The van der Waals surface area contributed by atoms with Crippen molar-refractivity contribution in [2.45, 2.75) is 211 Å². The number of H-pyrrole nitrogens is 2. The first-order chi connectivity index (χ1) is 54.3. The fraction of sp³-hybridized carbons (Fsp3) is 0.526. The monoisotopic (exact) mass is 1620 g/mol. The summed E-state index contributed by atoms with van der Waals surface area (Å²) in [7, 11) is 1.91. The van der Waals surface area contributed by atoms with E-state index in [-0.39, 0.29) is 74.4 Å². The van der Waals surface area contributed by atoms with Gasteiger partial charge in [-0.3, -0.25) is 62.3 Å². The molecule has 0 bridgehead atoms. The van der Waals surface area contributed by atoms with Crippen LogP contribution >= 0.6 is 21.6 Å². The Bertz CT molecular complexity index is 4060. The van der Waals surface area contributed by atoms with Crippen LogP contribution in [0.25, 0.3) is 10.9 Å². The van der Waals surface area contributed by atoms with E-state index in [9.17, 15) is 73.2 Å². The zero-order valence-corrected chi connectivity index (χ0v) is 67.0. The summed E-state index contributed by atoms with van der Waals surface area (Å²) < 4.78 is 0. The molecule has 0 spiro atoms. The van der Waals surface area contributed by atoms with Gasteiger partial charge in [0.1, 0.15) is 72.2 Å². The lowest BCUT2D eigenvalue weighted by molar-refractivity contribution is -0.142. The van der Waals surface area contributed by atoms with Gasteiger partial charge in [0.25, 0.3) is 0 Å². The van der Waals surface area contributed by atoms with E-state index in [0.717, 1.165) is 32.5 Å². The fourth-order valence-corrected chi connectivity index (χ4v) is 14.7. The molecule has 0 radical (unpaired) electrons. The van der Waals surface area contributed by atoms with E-state index in [2.05, 4.69) is 78.8 Å². The predicted molar refractivity (Wildman–Crippen MR) is 427 cm³/mol. The summed E-state index contributed by atoms with van der Waals surface area (Å²) in [5.41, 5.74) is 8.95. The first-order valence-corrected chi connectivity index (χ1v) is 40.8. The van der Waals surface area contributed by atoms with E-state index >= 15 is 14.4 Å². The van der Waals surface area contributed by atoms with Gasteiger partial charge < -0.3 is 99.9 Å². The number of imidazole rings is 1. The molecule has 2 aromatic heterocycles. The summed E-state index contributed by atoms with van der Waals surface area (Å²) in [6.45, 7) is 12.9. The van der Waals surface area contributed by atoms with Crippen LogP contribution in [0, 0.1) is 23.7 Å². The average molecular weight is 1620 g/mol. The number of para-hydroxylation sites is 1. The van der Waals surface area contributed by atoms with Crippen LogP contribution in [-0.2, 0) is 92.8 Å². The minimum absolute atomic E-state index is 0.0262. The van der Waals surface area contributed by atoms with Crippen LogP contribution < -0.4 is 69.5 Å². The number of nitrogens with zero attached hydrogens (tertiary/aromatic N) is 1. The molecular weight excluding hydrogens is 1510 g/mol. The van der Waals surface area contributed by atoms with Crippen molar-refractivity contribution in [3.05, 3.63) is 120 Å². The van der Waals surface area contributed by atoms with Gasteiger partial charge in [0, 0.05) is 79.1 Å². The summed E-state index contributed by atoms with van der Waals surface area (Å²) in [5, 5.41) is 73.4. The number of carbonyl (C=O) groups is 14. The van der Waals surface area contributed by atoms with Gasteiger partial charge >= 0.3 is 11.9 Å². The van der Waals surface area contributed by atoms with Gasteiger partial charge in [-0.25, -0.2) is 9.78 Å². The molecule has 1 saturated heterocycles. The number of benzene rings is 3. The molecule has 0 saturated carbocycles. The van der Waals surface area contributed by atoms with Crippen molar-refractivity contribution in [2.75, 3.05) is 24.7 Å². The Labute approximate surface area is 669 Å². The van der Waals surface area contributed by atoms with Crippen LogP contribution in [0.5, 0.6) is 5.75 Å². The van der Waals surface area contributed by atoms with Crippen molar-refractivity contribution in [3.63, 3.8) is 0 Å². The van der Waals surface area contributed by atoms with E-state index < -0.39 is 192 Å². The number of hydrogen-bond donors (Lipinski definition) is 19. The molecule has 36 heteroatoms. The Hall–Kier alpha value is -10.6. The van der Waals surface area contributed by atoms with Crippen LogP contribution in [0.15, 0.2) is 97.6 Å². The molecule has 114 heavy (non-hydrogen) atoms. The molecule has 34 nitrogen and oxygen atoms in total. The minimum atomic E-state index is -1.92. The third-order valence-corrected chi connectivity index (χ3v) is 21.9. The van der Waals surface area contributed by atoms with Gasteiger partial charge in [0.15, 0.2) is 0 Å². The third kappa shape index (κ3) is 29.7. The van der Waals surface area contributed by atoms with Crippen LogP contribution in [0.1, 0.15) is 136 Å². The van der Waals surface area contributed by atoms with Crippen molar-refractivity contribution in [2.24, 2.45) is 29.4 Å². The van der Waals surface area contributed by atoms with Gasteiger partial charge in [-0.1, -0.05) is 163 Å². The summed E-state index contributed by atoms with van der Waals surface area (Å²) in [4.78, 5) is 208. The molecule has 0 aliphatic carbocycles. The van der Waals surface area contributed by atoms with Crippen LogP contribution in [0.2, 0.25) is 0 Å². The number of hydrogen-bond acceptors (Lipinski definition) is 20. The number of aliphatic hydroxyl groups excluding tert-OH is 1. The predicted octanol–water partition coefficient (Wildman–Crippen LogP) is 1.33. The number of fused-ring (bicyclic) bond motifs is 1. The third-order valence-electron chi connectivity index (χ3n) is 19.4. The number of rotatable bonds is 31. The number of aliphatic hydroxyl groups is 1. The SMILES string of the molecule is CCC(C)C(NC(=O)C(CC(=O)O)NC(=O)C(CC(C)C)NC(=O)C(Cc1cnc[nH]1)NC(=O)C1CSSCC(N)C(=O)NC(CO)C(=O)NCCCCCCC(=O)NC(C(C)C)C(=O)NC(Cc2ccc(O)cc2)C(=O)NC(Cc2ccccc2)C(=O)N1)C(=O)NC(C(=O)NC(Cc1c[nH]c2ccccc12)C(=O)O)C(C)CC. The number of amides is 12. The molecule has 1 aliphatic rings. The lowest BCUT2D eigenvalue weighted by Gasteiger charge is -2.31. The number of phenols is 1. The van der Waals surface area contributed by atoms with Crippen molar-refractivity contribution in [3.8, 4) is 5.75 Å². The van der Waals surface area contributed by atoms with Gasteiger partial charge in [-0.15, -0.1) is 0 Å². The van der Waals surface area contributed by atoms with Gasteiger partial charge in [0.05, 0.1) is 25.4 Å². The number of aliphatic carboxylic acids is 2. The second kappa shape index (κ2) is 46.6. The quantitative estimate of drug-likeness (QED) is 0.0278. The Morgan fingerprint density at radius 3 is 1.75 bits per heavy atom. The van der Waals surface area contributed by atoms with Gasteiger partial charge in [0.2, 0.25) is 70.9 Å². The lowest BCUT2D eigenvalue weighted by Crippen LogP contribution is -2.62. The van der Waals surface area contributed by atoms with E-state index in [1.165, 1.54) is 36.8 Å². The molecule has 12 amide bonds. The molecule has 622 valence electrons. The Morgan fingerprint density at radius 2 is 1.13 bits per heavy atom. The molecule has 6 rings (SSSR count). The fourth-order valence-electron chi connectivity index (χ4n) is 12.4. The zero-order chi connectivity index (χ0) is 83.7. The number of phenolic OH excluding ortho intramolecular Hbond substituents is 1. The second-order valence-electron chi connectivity index (χ2n) is 29.3. The molecule has 14 atom stereocenters. The molecule has 20 N–H and O–H groups in total. The van der Waals surface area contributed by atoms with E-state index in [4.69, 9.17) is 5.73 Å². The highest BCUT2D eigenvalue weighted by Crippen LogP contribution is 2.25. The number of aromatic nitrogens is 3. The Balaban J connectivity index is 1.30. The van der Waals surface area contributed by atoms with Gasteiger partial charge in [-0.05, 0) is 77.8 Å². The number of aromatic hydroxyl groups is 1. The van der Waals surface area contributed by atoms with Crippen molar-refractivity contribution >= 4 is 115 Å². The maximum atomic E-state index is 15.2. The van der Waals surface area contributed by atoms with Crippen molar-refractivity contribution in [1.82, 2.24) is 78.8 Å². The smallest absolute Gasteiger partial charge is 0.326 e. The van der Waals surface area contributed by atoms with Gasteiger partial charge in [-0.2, -0.15) is 0 Å². The number of carboxylic acids is 2. The normalized spacial score (nSPS) is 20.4. The van der Waals surface area contributed by atoms with Crippen LogP contribution in [0.3, 0.4) is 0 Å². The zero-order valence-electron chi connectivity index (χ0n) is 65.3. The van der Waals surface area contributed by atoms with Crippen LogP contribution in [0.4, 0.5) is 0 Å². The number of carbonyl (C=O) groups excluding carboxylic acids is 12. The van der Waals surface area contributed by atoms with E-state index in [0.29, 0.717) is 48.8 Å². The Morgan fingerprint density at radius 1 is 0.570 bits per heavy atom. The van der Waals surface area contributed by atoms with Crippen molar-refractivity contribution < 1.29 is 87.5 Å². The van der Waals surface area contributed by atoms with Crippen molar-refractivity contribution in [1.29, 1.82) is 0 Å². The summed E-state index contributed by atoms with van der Waals surface area (Å²) >= 11 is 0. The van der Waals surface area contributed by atoms with E-state index in [1.807, 2.05) is 6.07 Å². The molecule has 3 heterocycles. The lowest BCUT2D eigenvalue weighted by atomic mass is 9.94. The highest BCUT2D eigenvalue weighted by molar-refractivity contribution is 8.76. The largest absolute Gasteiger partial charge is 0.508 e. The molecular formula is C78H110N16O18S2. The van der Waals surface area contributed by atoms with Crippen LogP contribution in [-0.4, -0.2) is 215 Å². The van der Waals surface area contributed by atoms with E-state index in [1.54, 1.807) is 110 Å². The second-order valence-corrected chi connectivity index (χ2v) is 31.9. The maximum absolute atomic E-state index is 15.2. The number of carboxylic acid groups (broad SMARTS) is 2. The Kier molecular flexibility index (Phi) is 37.7. The molecule has 3 aromatic carbocycles. The molecule has 1 aliphatic heterocycles. The molecule has 5 aromatic rings. The number of aromatic amines is 2. The first kappa shape index (κ1) is 92.3. The number of nitrogens with one attached hydrogen (secondary N) is 14. The highest BCUT2D eigenvalue weighted by Gasteiger charge is 2.40. The standard InChI is InChI=1S/C78H110N16O18S2/c1-9-44(7)65(76(109)89-59(78(111)112)33-48-36-82-53-23-18-17-22-51(48)53)94-77(110)66(45(8)10-2)93-73(106)58(35-63(98)99)87-69(102)54(30-42(3)4)84-72(105)57(34-49-37-80-41-83-49)86-74(107)61-40-114-113-39-52(79)67(100)90-60(38-95)68(101)81-29-19-12-11-16-24-62(97)92-64(43(5)6)75(108)88-56(32-47-25-27-50(96)28-26-47)70(103)85-55(71(104)91-61)31-46-20-14-13-15-21-46/h13-15,17-18,20-23,25-28,36-37,41-45,52,54-61,64-66,82,95-96H,9-12,16,19,24,29-35,38-40,79H2,1-8H3,(H,80,83)(H,81,101)(H,84,105)(H,85,103)(H,86,107)(H,87,102)(H,88,108)(H,89,109)(H,90,100)(H,91,104)(H,92,97)(H,93,106)(H,94,110)(H,98,99)(H,111,112). The maximum Gasteiger partial charge on any atom is 0.326 e. The summed E-state index contributed by atoms with van der Waals surface area (Å²) in [5.74, 6) is -16.2. The topological polar surface area (TPSA) is 535 Å². The highest BCUT2D eigenvalue weighted by atomic mass is 33.1. The summed E-state index contributed by atoms with van der Waals surface area (Å²) in [6, 6.07) is 3.59. The molecule has 1 fully saturated rings. The number of nitrogens with two attached hydrogens (primary N) is 1. The molecule has 14 unspecified atom stereocenters.